The molecule has 2 rings (SSSR count). The molecule has 0 spiro atoms. The quantitative estimate of drug-likeness (QED) is 0.265. The minimum atomic E-state index is -0.450. The number of thiocarbonyl (C=S) groups is 1. The number of nitro groups is 1. The van der Waals surface area contributed by atoms with Gasteiger partial charge in [-0.25, -0.2) is 0 Å². The number of hydrazone groups is 1. The molecule has 8 nitrogen and oxygen atoms in total. The summed E-state index contributed by atoms with van der Waals surface area (Å²) in [6, 6.07) is 9.56. The molecule has 0 aliphatic carbocycles. The Balaban J connectivity index is 2.13. The third-order valence-corrected chi connectivity index (χ3v) is 4.10. The van der Waals surface area contributed by atoms with E-state index in [1.54, 1.807) is 30.5 Å². The second kappa shape index (κ2) is 11.2. The lowest BCUT2D eigenvalue weighted by molar-refractivity contribution is -0.384. The van der Waals surface area contributed by atoms with Crippen molar-refractivity contribution in [2.45, 2.75) is 20.5 Å². The molecular weight excluding hydrogens is 416 g/mol. The zero-order valence-corrected chi connectivity index (χ0v) is 17.5. The maximum atomic E-state index is 10.7. The van der Waals surface area contributed by atoms with E-state index in [0.29, 0.717) is 40.3 Å². The van der Waals surface area contributed by atoms with Crippen LogP contribution < -0.4 is 20.2 Å². The summed E-state index contributed by atoms with van der Waals surface area (Å²) in [5, 5.41) is 18.5. The molecule has 0 aliphatic heterocycles. The Kier molecular flexibility index (Phi) is 8.63. The molecule has 154 valence electrons. The smallest absolute Gasteiger partial charge is 0.269 e. The average Bonchev–Trinajstić information content (AvgIpc) is 2.68. The highest BCUT2D eigenvalue weighted by Crippen LogP contribution is 2.37. The van der Waals surface area contributed by atoms with Crippen molar-refractivity contribution < 1.29 is 14.4 Å². The minimum absolute atomic E-state index is 0.0210. The van der Waals surface area contributed by atoms with Crippen molar-refractivity contribution in [1.29, 1.82) is 0 Å². The molecule has 10 heteroatoms. The van der Waals surface area contributed by atoms with E-state index in [1.165, 1.54) is 12.1 Å². The molecule has 2 N–H and O–H groups in total. The van der Waals surface area contributed by atoms with Crippen molar-refractivity contribution in [3.05, 3.63) is 62.7 Å². The summed E-state index contributed by atoms with van der Waals surface area (Å²) >= 11 is 11.4. The molecule has 0 saturated carbocycles. The van der Waals surface area contributed by atoms with Crippen molar-refractivity contribution in [2.75, 3.05) is 13.2 Å². The number of hydrogen-bond acceptors (Lipinski definition) is 6. The molecule has 0 bridgehead atoms. The van der Waals surface area contributed by atoms with Crippen molar-refractivity contribution in [1.82, 2.24) is 10.7 Å². The van der Waals surface area contributed by atoms with Crippen LogP contribution in [0, 0.1) is 10.1 Å². The molecule has 2 aromatic carbocycles. The first-order valence-electron chi connectivity index (χ1n) is 8.84. The normalized spacial score (nSPS) is 10.6. The van der Waals surface area contributed by atoms with E-state index in [0.717, 1.165) is 5.56 Å². The molecular formula is C19H21ClN4O4S. The van der Waals surface area contributed by atoms with Crippen LogP contribution in [0.2, 0.25) is 5.02 Å². The standard InChI is InChI=1S/C19H21ClN4O4S/c1-3-21-19(29)23-22-11-14-9-16(20)18(17(10-14)27-4-2)28-12-13-5-7-15(8-6-13)24(25)26/h5-11H,3-4,12H2,1-2H3,(H2,21,23,29). The summed E-state index contributed by atoms with van der Waals surface area (Å²) in [6.07, 6.45) is 1.57. The number of halogens is 1. The summed E-state index contributed by atoms with van der Waals surface area (Å²) in [4.78, 5) is 10.3. The Bertz CT molecular complexity index is 891. The van der Waals surface area contributed by atoms with E-state index < -0.39 is 4.92 Å². The summed E-state index contributed by atoms with van der Waals surface area (Å²) < 4.78 is 11.5. The summed E-state index contributed by atoms with van der Waals surface area (Å²) in [5.74, 6) is 0.859. The fourth-order valence-electron chi connectivity index (χ4n) is 2.30. The van der Waals surface area contributed by atoms with Crippen LogP contribution in [0.3, 0.4) is 0 Å². The monoisotopic (exact) mass is 436 g/mol. The fourth-order valence-corrected chi connectivity index (χ4v) is 2.77. The highest BCUT2D eigenvalue weighted by molar-refractivity contribution is 7.80. The number of nitrogens with one attached hydrogen (secondary N) is 2. The van der Waals surface area contributed by atoms with E-state index in [1.807, 2.05) is 13.8 Å². The zero-order valence-electron chi connectivity index (χ0n) is 16.0. The van der Waals surface area contributed by atoms with Gasteiger partial charge in [-0.15, -0.1) is 0 Å². The van der Waals surface area contributed by atoms with Gasteiger partial charge in [0.1, 0.15) is 6.61 Å². The first-order chi connectivity index (χ1) is 13.9. The average molecular weight is 437 g/mol. The molecule has 29 heavy (non-hydrogen) atoms. The van der Waals surface area contributed by atoms with Crippen LogP contribution in [0.15, 0.2) is 41.5 Å². The van der Waals surface area contributed by atoms with Crippen LogP contribution in [-0.2, 0) is 6.61 Å². The number of benzene rings is 2. The summed E-state index contributed by atoms with van der Waals surface area (Å²) in [6.45, 7) is 5.09. The van der Waals surface area contributed by atoms with Gasteiger partial charge in [0.05, 0.1) is 22.8 Å². The number of non-ortho nitro benzene ring substituents is 1. The predicted molar refractivity (Wildman–Crippen MR) is 117 cm³/mol. The largest absolute Gasteiger partial charge is 0.490 e. The van der Waals surface area contributed by atoms with Crippen LogP contribution in [0.4, 0.5) is 5.69 Å². The molecule has 0 amide bonds. The van der Waals surface area contributed by atoms with Gasteiger partial charge in [0.2, 0.25) is 0 Å². The van der Waals surface area contributed by atoms with Crippen LogP contribution in [0.25, 0.3) is 0 Å². The second-order valence-corrected chi connectivity index (χ2v) is 6.52. The molecule has 0 saturated heterocycles. The van der Waals surface area contributed by atoms with Crippen molar-refractivity contribution in [3.8, 4) is 11.5 Å². The Hall–Kier alpha value is -2.91. The van der Waals surface area contributed by atoms with Crippen molar-refractivity contribution in [3.63, 3.8) is 0 Å². The first-order valence-corrected chi connectivity index (χ1v) is 9.62. The van der Waals surface area contributed by atoms with Gasteiger partial charge < -0.3 is 14.8 Å². The Morgan fingerprint density at radius 1 is 1.28 bits per heavy atom. The third-order valence-electron chi connectivity index (χ3n) is 3.58. The van der Waals surface area contributed by atoms with E-state index >= 15 is 0 Å². The number of hydrogen-bond donors (Lipinski definition) is 2. The van der Waals surface area contributed by atoms with Crippen LogP contribution >= 0.6 is 23.8 Å². The Morgan fingerprint density at radius 3 is 2.62 bits per heavy atom. The van der Waals surface area contributed by atoms with Crippen LogP contribution in [0.1, 0.15) is 25.0 Å². The van der Waals surface area contributed by atoms with Gasteiger partial charge in [-0.3, -0.25) is 15.5 Å². The number of rotatable bonds is 9. The minimum Gasteiger partial charge on any atom is -0.490 e. The molecule has 0 heterocycles. The topological polar surface area (TPSA) is 98.0 Å². The van der Waals surface area contributed by atoms with Gasteiger partial charge >= 0.3 is 0 Å². The summed E-state index contributed by atoms with van der Waals surface area (Å²) in [5.41, 5.74) is 4.19. The Morgan fingerprint density at radius 2 is 2.00 bits per heavy atom. The number of nitro benzene ring substituents is 1. The van der Waals surface area contributed by atoms with E-state index in [2.05, 4.69) is 15.8 Å². The fraction of sp³-hybridized carbons (Fsp3) is 0.263. The molecule has 0 fully saturated rings. The highest BCUT2D eigenvalue weighted by atomic mass is 35.5. The summed E-state index contributed by atoms with van der Waals surface area (Å²) in [7, 11) is 0. The number of nitrogens with zero attached hydrogens (tertiary/aromatic N) is 2. The van der Waals surface area contributed by atoms with E-state index in [4.69, 9.17) is 33.3 Å². The molecule has 0 unspecified atom stereocenters. The van der Waals surface area contributed by atoms with Crippen LogP contribution in [-0.4, -0.2) is 29.4 Å². The first kappa shape index (κ1) is 22.4. The van der Waals surface area contributed by atoms with Gasteiger partial charge in [0.25, 0.3) is 5.69 Å². The second-order valence-electron chi connectivity index (χ2n) is 5.70. The maximum Gasteiger partial charge on any atom is 0.269 e. The number of ether oxygens (including phenoxy) is 2. The van der Waals surface area contributed by atoms with Gasteiger partial charge in [-0.2, -0.15) is 5.10 Å². The van der Waals surface area contributed by atoms with E-state index in [9.17, 15) is 10.1 Å². The molecule has 0 radical (unpaired) electrons. The van der Waals surface area contributed by atoms with Gasteiger partial charge in [0, 0.05) is 18.7 Å². The lowest BCUT2D eigenvalue weighted by Crippen LogP contribution is -2.31. The van der Waals surface area contributed by atoms with E-state index in [-0.39, 0.29) is 12.3 Å². The lowest BCUT2D eigenvalue weighted by atomic mass is 10.2. The van der Waals surface area contributed by atoms with Crippen LogP contribution in [0.5, 0.6) is 11.5 Å². The molecule has 0 aliphatic rings. The predicted octanol–water partition coefficient (Wildman–Crippen LogP) is 4.04. The lowest BCUT2D eigenvalue weighted by Gasteiger charge is -2.14. The van der Waals surface area contributed by atoms with Crippen molar-refractivity contribution in [2.24, 2.45) is 5.10 Å². The molecule has 0 atom stereocenters. The highest BCUT2D eigenvalue weighted by Gasteiger charge is 2.13. The molecule has 0 aromatic heterocycles. The van der Waals surface area contributed by atoms with Gasteiger partial charge in [0.15, 0.2) is 16.6 Å². The van der Waals surface area contributed by atoms with Crippen molar-refractivity contribution >= 4 is 40.8 Å². The zero-order chi connectivity index (χ0) is 21.2. The molecule has 2 aromatic rings. The third kappa shape index (κ3) is 6.88. The van der Waals surface area contributed by atoms with Gasteiger partial charge in [-0.1, -0.05) is 11.6 Å². The SMILES string of the molecule is CCNC(=S)NN=Cc1cc(Cl)c(OCc2ccc([N+](=O)[O-])cc2)c(OCC)c1. The van der Waals surface area contributed by atoms with Gasteiger partial charge in [-0.05, 0) is 61.5 Å². The maximum absolute atomic E-state index is 10.7. The Labute approximate surface area is 179 Å².